The molecule has 0 unspecified atom stereocenters. The zero-order chi connectivity index (χ0) is 14.7. The number of nitrogens with one attached hydrogen (secondary N) is 1. The molecule has 2 N–H and O–H groups in total. The van der Waals surface area contributed by atoms with Crippen molar-refractivity contribution >= 4 is 23.5 Å². The predicted octanol–water partition coefficient (Wildman–Crippen LogP) is 2.88. The highest BCUT2D eigenvalue weighted by atomic mass is 35.5. The van der Waals surface area contributed by atoms with Gasteiger partial charge in [-0.3, -0.25) is 9.59 Å². The zero-order valence-corrected chi connectivity index (χ0v) is 12.1. The maximum absolute atomic E-state index is 12.1. The van der Waals surface area contributed by atoms with Crippen molar-refractivity contribution in [3.8, 4) is 0 Å². The van der Waals surface area contributed by atoms with Gasteiger partial charge in [0.25, 0.3) is 5.91 Å². The molecule has 1 amide bonds. The van der Waals surface area contributed by atoms with Crippen molar-refractivity contribution in [2.75, 3.05) is 6.54 Å². The number of carbonyl (C=O) groups is 2. The molecule has 1 aliphatic carbocycles. The van der Waals surface area contributed by atoms with Crippen molar-refractivity contribution in [2.45, 2.75) is 26.2 Å². The number of carbonyl (C=O) groups excluding carboxylic acids is 1. The number of hydrogen-bond acceptors (Lipinski definition) is 2. The molecular formula is C15H18ClNO3. The van der Waals surface area contributed by atoms with Crippen LogP contribution in [0.2, 0.25) is 5.02 Å². The molecular weight excluding hydrogens is 278 g/mol. The first-order valence-electron chi connectivity index (χ1n) is 6.75. The molecule has 0 spiro atoms. The molecule has 0 bridgehead atoms. The summed E-state index contributed by atoms with van der Waals surface area (Å²) in [6, 6.07) is 5.12. The lowest BCUT2D eigenvalue weighted by atomic mass is 10.0. The van der Waals surface area contributed by atoms with E-state index in [9.17, 15) is 9.59 Å². The second-order valence-electron chi connectivity index (χ2n) is 5.34. The summed E-state index contributed by atoms with van der Waals surface area (Å²) < 4.78 is 0. The zero-order valence-electron chi connectivity index (χ0n) is 11.4. The van der Waals surface area contributed by atoms with Crippen LogP contribution in [-0.2, 0) is 4.79 Å². The van der Waals surface area contributed by atoms with Crippen LogP contribution in [0.5, 0.6) is 0 Å². The quantitative estimate of drug-likeness (QED) is 0.848. The summed E-state index contributed by atoms with van der Waals surface area (Å²) in [4.78, 5) is 23.2. The molecule has 0 saturated heterocycles. The molecule has 0 radical (unpaired) electrons. The van der Waals surface area contributed by atoms with Crippen molar-refractivity contribution in [1.82, 2.24) is 5.32 Å². The first-order valence-corrected chi connectivity index (χ1v) is 7.13. The second kappa shape index (κ2) is 6.27. The Morgan fingerprint density at radius 3 is 2.75 bits per heavy atom. The topological polar surface area (TPSA) is 66.4 Å². The van der Waals surface area contributed by atoms with Crippen LogP contribution in [-0.4, -0.2) is 23.5 Å². The largest absolute Gasteiger partial charge is 0.481 e. The summed E-state index contributed by atoms with van der Waals surface area (Å²) in [6.07, 6.45) is 2.85. The maximum Gasteiger partial charge on any atom is 0.308 e. The number of halogens is 1. The maximum atomic E-state index is 12.1. The molecule has 5 heteroatoms. The molecule has 1 aromatic rings. The standard InChI is InChI=1S/C15H18ClNO3/c1-9-12(3-2-4-13(9)16)14(18)17-8-11(15(19)20)7-10-5-6-10/h2-4,10-11H,5-8H2,1H3,(H,17,18)(H,19,20)/t11-/m0/s1. The van der Waals surface area contributed by atoms with E-state index in [1.807, 2.05) is 0 Å². The minimum absolute atomic E-state index is 0.163. The minimum Gasteiger partial charge on any atom is -0.481 e. The third kappa shape index (κ3) is 3.73. The monoisotopic (exact) mass is 295 g/mol. The molecule has 2 rings (SSSR count). The minimum atomic E-state index is -0.847. The summed E-state index contributed by atoms with van der Waals surface area (Å²) in [6.45, 7) is 1.94. The fourth-order valence-corrected chi connectivity index (χ4v) is 2.37. The number of amides is 1. The molecule has 0 aromatic heterocycles. The molecule has 1 fully saturated rings. The molecule has 1 atom stereocenters. The van der Waals surface area contributed by atoms with E-state index < -0.39 is 11.9 Å². The number of aliphatic carboxylic acids is 1. The summed E-state index contributed by atoms with van der Waals surface area (Å²) in [5.74, 6) is -1.11. The van der Waals surface area contributed by atoms with Crippen molar-refractivity contribution < 1.29 is 14.7 Å². The Kier molecular flexibility index (Phi) is 4.65. The summed E-state index contributed by atoms with van der Waals surface area (Å²) in [7, 11) is 0. The van der Waals surface area contributed by atoms with Gasteiger partial charge in [0.2, 0.25) is 0 Å². The lowest BCUT2D eigenvalue weighted by molar-refractivity contribution is -0.141. The first-order chi connectivity index (χ1) is 9.49. The highest BCUT2D eigenvalue weighted by Crippen LogP contribution is 2.35. The first kappa shape index (κ1) is 14.9. The van der Waals surface area contributed by atoms with Crippen molar-refractivity contribution in [3.05, 3.63) is 34.3 Å². The molecule has 108 valence electrons. The number of carboxylic acid groups (broad SMARTS) is 1. The van der Waals surface area contributed by atoms with Crippen molar-refractivity contribution in [1.29, 1.82) is 0 Å². The van der Waals surface area contributed by atoms with Gasteiger partial charge in [0, 0.05) is 17.1 Å². The van der Waals surface area contributed by atoms with E-state index in [2.05, 4.69) is 5.32 Å². The molecule has 1 aliphatic rings. The molecule has 4 nitrogen and oxygen atoms in total. The average Bonchev–Trinajstić information content (AvgIpc) is 3.21. The van der Waals surface area contributed by atoms with Gasteiger partial charge in [-0.1, -0.05) is 30.5 Å². The number of rotatable bonds is 6. The normalized spacial score (nSPS) is 15.7. The van der Waals surface area contributed by atoms with Gasteiger partial charge in [0.05, 0.1) is 5.92 Å². The fourth-order valence-electron chi connectivity index (χ4n) is 2.19. The second-order valence-corrected chi connectivity index (χ2v) is 5.74. The lowest BCUT2D eigenvalue weighted by Gasteiger charge is -2.14. The van der Waals surface area contributed by atoms with Crippen LogP contribution >= 0.6 is 11.6 Å². The van der Waals surface area contributed by atoms with Gasteiger partial charge in [-0.05, 0) is 37.0 Å². The van der Waals surface area contributed by atoms with Gasteiger partial charge in [-0.25, -0.2) is 0 Å². The Labute approximate surface area is 123 Å². The number of hydrogen-bond donors (Lipinski definition) is 2. The van der Waals surface area contributed by atoms with E-state index in [0.29, 0.717) is 28.5 Å². The van der Waals surface area contributed by atoms with Gasteiger partial charge in [-0.2, -0.15) is 0 Å². The summed E-state index contributed by atoms with van der Waals surface area (Å²) >= 11 is 5.97. The molecule has 0 heterocycles. The van der Waals surface area contributed by atoms with E-state index >= 15 is 0 Å². The number of carboxylic acids is 1. The van der Waals surface area contributed by atoms with Crippen LogP contribution in [0.3, 0.4) is 0 Å². The Morgan fingerprint density at radius 2 is 2.15 bits per heavy atom. The molecule has 20 heavy (non-hydrogen) atoms. The Morgan fingerprint density at radius 1 is 1.45 bits per heavy atom. The van der Waals surface area contributed by atoms with E-state index in [0.717, 1.165) is 12.8 Å². The highest BCUT2D eigenvalue weighted by molar-refractivity contribution is 6.31. The third-order valence-corrected chi connectivity index (χ3v) is 4.09. The van der Waals surface area contributed by atoms with Crippen molar-refractivity contribution in [2.24, 2.45) is 11.8 Å². The van der Waals surface area contributed by atoms with Crippen LogP contribution in [0.1, 0.15) is 35.2 Å². The van der Waals surface area contributed by atoms with E-state index in [-0.39, 0.29) is 12.5 Å². The Balaban J connectivity index is 1.96. The highest BCUT2D eigenvalue weighted by Gasteiger charge is 2.29. The van der Waals surface area contributed by atoms with Gasteiger partial charge >= 0.3 is 5.97 Å². The average molecular weight is 296 g/mol. The fraction of sp³-hybridized carbons (Fsp3) is 0.467. The van der Waals surface area contributed by atoms with Crippen LogP contribution < -0.4 is 5.32 Å². The molecule has 0 aliphatic heterocycles. The van der Waals surface area contributed by atoms with Crippen LogP contribution in [0.4, 0.5) is 0 Å². The van der Waals surface area contributed by atoms with Crippen LogP contribution in [0.15, 0.2) is 18.2 Å². The smallest absolute Gasteiger partial charge is 0.308 e. The van der Waals surface area contributed by atoms with E-state index in [4.69, 9.17) is 16.7 Å². The van der Waals surface area contributed by atoms with E-state index in [1.165, 1.54) is 0 Å². The predicted molar refractivity (Wildman–Crippen MR) is 77.0 cm³/mol. The number of benzene rings is 1. The Hall–Kier alpha value is -1.55. The van der Waals surface area contributed by atoms with E-state index in [1.54, 1.807) is 25.1 Å². The van der Waals surface area contributed by atoms with Gasteiger partial charge in [-0.15, -0.1) is 0 Å². The van der Waals surface area contributed by atoms with Gasteiger partial charge in [0.1, 0.15) is 0 Å². The van der Waals surface area contributed by atoms with Crippen molar-refractivity contribution in [3.63, 3.8) is 0 Å². The SMILES string of the molecule is Cc1c(Cl)cccc1C(=O)NC[C@H](CC1CC1)C(=O)O. The Bertz CT molecular complexity index is 526. The summed E-state index contributed by atoms with van der Waals surface area (Å²) in [5, 5.41) is 12.4. The molecule has 1 aromatic carbocycles. The van der Waals surface area contributed by atoms with Gasteiger partial charge in [0.15, 0.2) is 0 Å². The lowest BCUT2D eigenvalue weighted by Crippen LogP contribution is -2.33. The molecule has 1 saturated carbocycles. The van der Waals surface area contributed by atoms with Gasteiger partial charge < -0.3 is 10.4 Å². The third-order valence-electron chi connectivity index (χ3n) is 3.69. The van der Waals surface area contributed by atoms with Crippen LogP contribution in [0, 0.1) is 18.8 Å². The summed E-state index contributed by atoms with van der Waals surface area (Å²) in [5.41, 5.74) is 1.20. The van der Waals surface area contributed by atoms with Crippen LogP contribution in [0.25, 0.3) is 0 Å².